The van der Waals surface area contributed by atoms with Gasteiger partial charge in [-0.3, -0.25) is 14.6 Å². The predicted molar refractivity (Wildman–Crippen MR) is 111 cm³/mol. The van der Waals surface area contributed by atoms with E-state index in [-0.39, 0.29) is 11.9 Å². The molecule has 1 aromatic carbocycles. The normalized spacial score (nSPS) is 25.8. The second-order valence-corrected chi connectivity index (χ2v) is 8.58. The zero-order valence-electron chi connectivity index (χ0n) is 17.1. The molecule has 1 N–H and O–H groups in total. The van der Waals surface area contributed by atoms with Crippen molar-refractivity contribution < 1.29 is 9.53 Å². The Hall–Kier alpha value is -1.47. The molecule has 0 radical (unpaired) electrons. The van der Waals surface area contributed by atoms with Crippen LogP contribution in [0.3, 0.4) is 0 Å². The number of hydrogen-bond donors (Lipinski definition) is 1. The Morgan fingerprint density at radius 3 is 2.61 bits per heavy atom. The number of rotatable bonds is 5. The second-order valence-electron chi connectivity index (χ2n) is 8.58. The van der Waals surface area contributed by atoms with Gasteiger partial charge in [-0.15, -0.1) is 0 Å². The van der Waals surface area contributed by atoms with Crippen LogP contribution in [0.5, 0.6) is 0 Å². The highest BCUT2D eigenvalue weighted by Gasteiger charge is 2.28. The van der Waals surface area contributed by atoms with E-state index in [1.54, 1.807) is 0 Å². The molecule has 0 aromatic heterocycles. The molecule has 28 heavy (non-hydrogen) atoms. The molecule has 3 aliphatic heterocycles. The molecule has 1 aromatic rings. The van der Waals surface area contributed by atoms with Crippen molar-refractivity contribution in [2.45, 2.75) is 37.9 Å². The number of piperazine rings is 1. The molecule has 1 atom stereocenters. The molecular formula is C22H34N4O2. The highest BCUT2D eigenvalue weighted by atomic mass is 16.5. The van der Waals surface area contributed by atoms with Crippen LogP contribution in [-0.4, -0.2) is 92.2 Å². The molecular weight excluding hydrogens is 352 g/mol. The third-order valence-corrected chi connectivity index (χ3v) is 6.48. The van der Waals surface area contributed by atoms with E-state index >= 15 is 0 Å². The zero-order valence-corrected chi connectivity index (χ0v) is 17.1. The van der Waals surface area contributed by atoms with Crippen LogP contribution in [-0.2, 0) is 11.3 Å². The highest BCUT2D eigenvalue weighted by molar-refractivity contribution is 5.94. The van der Waals surface area contributed by atoms with Crippen molar-refractivity contribution in [3.8, 4) is 0 Å². The first kappa shape index (κ1) is 19.8. The molecule has 4 rings (SSSR count). The van der Waals surface area contributed by atoms with E-state index in [1.165, 1.54) is 5.56 Å². The van der Waals surface area contributed by atoms with E-state index in [1.807, 2.05) is 12.1 Å². The fraction of sp³-hybridized carbons (Fsp3) is 0.682. The van der Waals surface area contributed by atoms with Crippen molar-refractivity contribution >= 4 is 5.91 Å². The predicted octanol–water partition coefficient (Wildman–Crippen LogP) is 1.42. The number of carbonyl (C=O) groups is 1. The number of hydrogen-bond acceptors (Lipinski definition) is 5. The van der Waals surface area contributed by atoms with E-state index < -0.39 is 0 Å². The quantitative estimate of drug-likeness (QED) is 0.829. The Morgan fingerprint density at radius 1 is 1.11 bits per heavy atom. The molecule has 0 bridgehead atoms. The van der Waals surface area contributed by atoms with Crippen LogP contribution in [0.2, 0.25) is 0 Å². The van der Waals surface area contributed by atoms with Gasteiger partial charge in [0.2, 0.25) is 0 Å². The average molecular weight is 387 g/mol. The Kier molecular flexibility index (Phi) is 6.62. The van der Waals surface area contributed by atoms with Gasteiger partial charge in [-0.05, 0) is 44.0 Å². The zero-order chi connectivity index (χ0) is 19.3. The fourth-order valence-corrected chi connectivity index (χ4v) is 4.56. The smallest absolute Gasteiger partial charge is 0.251 e. The van der Waals surface area contributed by atoms with Crippen LogP contribution in [0.15, 0.2) is 24.3 Å². The van der Waals surface area contributed by atoms with Gasteiger partial charge in [0.1, 0.15) is 0 Å². The van der Waals surface area contributed by atoms with Crippen LogP contribution in [0.25, 0.3) is 0 Å². The van der Waals surface area contributed by atoms with E-state index in [0.29, 0.717) is 6.04 Å². The molecule has 3 saturated heterocycles. The number of benzene rings is 1. The van der Waals surface area contributed by atoms with E-state index in [0.717, 1.165) is 83.9 Å². The van der Waals surface area contributed by atoms with Gasteiger partial charge >= 0.3 is 0 Å². The fourth-order valence-electron chi connectivity index (χ4n) is 4.56. The first-order chi connectivity index (χ1) is 13.7. The summed E-state index contributed by atoms with van der Waals surface area (Å²) in [6, 6.07) is 9.03. The van der Waals surface area contributed by atoms with Gasteiger partial charge in [-0.25, -0.2) is 0 Å². The van der Waals surface area contributed by atoms with Crippen LogP contribution in [0.4, 0.5) is 0 Å². The lowest BCUT2D eigenvalue weighted by molar-refractivity contribution is 0.0875. The van der Waals surface area contributed by atoms with E-state index in [9.17, 15) is 4.79 Å². The lowest BCUT2D eigenvalue weighted by Gasteiger charge is -2.35. The molecule has 1 amide bonds. The van der Waals surface area contributed by atoms with Gasteiger partial charge in [-0.2, -0.15) is 0 Å². The lowest BCUT2D eigenvalue weighted by Crippen LogP contribution is -2.48. The standard InChI is InChI=1S/C22H34N4O2/c1-24-10-12-25(13-11-24)16-18-3-2-4-19(15-18)22(27)23-20-5-8-26(9-6-20)21-7-14-28-17-21/h2-4,15,20-21H,5-14,16-17H2,1H3,(H,23,27)/t21-/m0/s1. The van der Waals surface area contributed by atoms with Crippen LogP contribution >= 0.6 is 0 Å². The number of likely N-dealkylation sites (tertiary alicyclic amines) is 1. The number of amides is 1. The molecule has 154 valence electrons. The van der Waals surface area contributed by atoms with Crippen molar-refractivity contribution in [1.29, 1.82) is 0 Å². The molecule has 3 fully saturated rings. The number of nitrogens with zero attached hydrogens (tertiary/aromatic N) is 3. The Labute approximate surface area is 168 Å². The highest BCUT2D eigenvalue weighted by Crippen LogP contribution is 2.19. The monoisotopic (exact) mass is 386 g/mol. The number of nitrogens with one attached hydrogen (secondary N) is 1. The number of carbonyl (C=O) groups excluding carboxylic acids is 1. The van der Waals surface area contributed by atoms with Crippen molar-refractivity contribution in [3.05, 3.63) is 35.4 Å². The van der Waals surface area contributed by atoms with Crippen molar-refractivity contribution in [1.82, 2.24) is 20.0 Å². The van der Waals surface area contributed by atoms with Gasteiger partial charge in [0, 0.05) is 70.1 Å². The maximum absolute atomic E-state index is 12.8. The minimum Gasteiger partial charge on any atom is -0.380 e. The summed E-state index contributed by atoms with van der Waals surface area (Å²) in [6.45, 7) is 9.23. The third kappa shape index (κ3) is 5.11. The van der Waals surface area contributed by atoms with Crippen molar-refractivity contribution in [3.63, 3.8) is 0 Å². The van der Waals surface area contributed by atoms with Crippen molar-refractivity contribution in [2.24, 2.45) is 0 Å². The van der Waals surface area contributed by atoms with E-state index in [2.05, 4.69) is 39.2 Å². The van der Waals surface area contributed by atoms with Gasteiger partial charge in [0.25, 0.3) is 5.91 Å². The van der Waals surface area contributed by atoms with Crippen LogP contribution < -0.4 is 5.32 Å². The molecule has 3 heterocycles. The molecule has 6 nitrogen and oxygen atoms in total. The summed E-state index contributed by atoms with van der Waals surface area (Å²) >= 11 is 0. The largest absolute Gasteiger partial charge is 0.380 e. The molecule has 0 spiro atoms. The van der Waals surface area contributed by atoms with Gasteiger partial charge < -0.3 is 15.0 Å². The van der Waals surface area contributed by atoms with Crippen LogP contribution in [0, 0.1) is 0 Å². The summed E-state index contributed by atoms with van der Waals surface area (Å²) < 4.78 is 5.51. The Morgan fingerprint density at radius 2 is 1.89 bits per heavy atom. The maximum Gasteiger partial charge on any atom is 0.251 e. The number of ether oxygens (including phenoxy) is 1. The molecule has 0 saturated carbocycles. The summed E-state index contributed by atoms with van der Waals surface area (Å²) in [7, 11) is 2.17. The summed E-state index contributed by atoms with van der Waals surface area (Å²) in [5, 5.41) is 3.27. The van der Waals surface area contributed by atoms with Crippen LogP contribution in [0.1, 0.15) is 35.2 Å². The maximum atomic E-state index is 12.8. The number of likely N-dealkylation sites (N-methyl/N-ethyl adjacent to an activating group) is 1. The number of piperidine rings is 1. The third-order valence-electron chi connectivity index (χ3n) is 6.48. The topological polar surface area (TPSA) is 48.0 Å². The van der Waals surface area contributed by atoms with E-state index in [4.69, 9.17) is 4.74 Å². The minimum absolute atomic E-state index is 0.0721. The van der Waals surface area contributed by atoms with Gasteiger partial charge in [0.05, 0.1) is 6.61 Å². The molecule has 6 heteroatoms. The van der Waals surface area contributed by atoms with Crippen molar-refractivity contribution in [2.75, 3.05) is 59.5 Å². The molecule has 0 unspecified atom stereocenters. The average Bonchev–Trinajstić information content (AvgIpc) is 3.25. The minimum atomic E-state index is 0.0721. The Balaban J connectivity index is 1.26. The molecule has 0 aliphatic carbocycles. The summed E-state index contributed by atoms with van der Waals surface area (Å²) in [4.78, 5) is 20.1. The van der Waals surface area contributed by atoms with Gasteiger partial charge in [-0.1, -0.05) is 12.1 Å². The summed E-state index contributed by atoms with van der Waals surface area (Å²) in [5.41, 5.74) is 2.02. The Bertz CT molecular complexity index is 646. The first-order valence-corrected chi connectivity index (χ1v) is 10.8. The summed E-state index contributed by atoms with van der Waals surface area (Å²) in [6.07, 6.45) is 3.21. The first-order valence-electron chi connectivity index (χ1n) is 10.8. The second kappa shape index (κ2) is 9.35. The SMILES string of the molecule is CN1CCN(Cc2cccc(C(=O)NC3CCN([C@H]4CCOC4)CC3)c2)CC1. The lowest BCUT2D eigenvalue weighted by atomic mass is 10.0. The molecule has 3 aliphatic rings. The summed E-state index contributed by atoms with van der Waals surface area (Å²) in [5.74, 6) is 0.0721. The van der Waals surface area contributed by atoms with Gasteiger partial charge in [0.15, 0.2) is 0 Å².